The van der Waals surface area contributed by atoms with E-state index in [1.165, 1.54) is 31.7 Å². The maximum Gasteiger partial charge on any atom is 0.329 e. The number of nitrogens with one attached hydrogen (secondary N) is 12. The molecule has 16 atom stereocenters. The summed E-state index contributed by atoms with van der Waals surface area (Å²) in [5.74, 6) is -15.0. The van der Waals surface area contributed by atoms with Gasteiger partial charge in [0.25, 0.3) is 5.91 Å². The number of nitrogens with two attached hydrogens (primary N) is 1. The lowest BCUT2D eigenvalue weighted by Gasteiger charge is -2.33. The Morgan fingerprint density at radius 2 is 1.17 bits per heavy atom. The van der Waals surface area contributed by atoms with Gasteiger partial charge in [0.2, 0.25) is 70.9 Å². The first-order valence-electron chi connectivity index (χ1n) is 36.6. The van der Waals surface area contributed by atoms with Gasteiger partial charge >= 0.3 is 5.97 Å². The van der Waals surface area contributed by atoms with Crippen molar-refractivity contribution in [3.63, 3.8) is 0 Å². The SMILES string of the molecule is C/C=C1\NC(=O)[C@H](Cc2ccccc2)NC(=O)[C@@H](C(C)CC)NC(=O)[C@@H](C(C)CC)NC(=O)[C@H](NC(=O)[C@@H](CC(C)C)NC(=O)[C@H](CCCN)NC(=O)[C@H]2CCCN2C(=O)C(NC(=O)C(NC(=O)[C@@H](NC(=O)C(NC(=O)CCC)C(C)C)C(C)O)C(C)C)C(C)C)C(C)OC(=O)C(C(C)C)NC1=O. The molecule has 15 N–H and O–H groups in total. The van der Waals surface area contributed by atoms with E-state index in [4.69, 9.17) is 10.5 Å². The smallest absolute Gasteiger partial charge is 0.329 e. The van der Waals surface area contributed by atoms with Crippen LogP contribution in [0.2, 0.25) is 0 Å². The molecule has 103 heavy (non-hydrogen) atoms. The van der Waals surface area contributed by atoms with E-state index in [2.05, 4.69) is 63.8 Å². The van der Waals surface area contributed by atoms with Crippen molar-refractivity contribution < 1.29 is 77.0 Å². The van der Waals surface area contributed by atoms with Crippen LogP contribution >= 0.6 is 0 Å². The van der Waals surface area contributed by atoms with Gasteiger partial charge in [-0.3, -0.25) is 62.3 Å². The van der Waals surface area contributed by atoms with E-state index >= 15 is 4.79 Å². The van der Waals surface area contributed by atoms with Crippen LogP contribution in [0.5, 0.6) is 0 Å². The number of amides is 13. The van der Waals surface area contributed by atoms with Crippen molar-refractivity contribution in [2.45, 2.75) is 274 Å². The number of nitrogens with zero attached hydrogens (tertiary/aromatic N) is 1. The second-order valence-electron chi connectivity index (χ2n) is 29.1. The molecule has 2 saturated heterocycles. The summed E-state index contributed by atoms with van der Waals surface area (Å²) in [5.41, 5.74) is 6.34. The zero-order valence-corrected chi connectivity index (χ0v) is 63.7. The molecular formula is C73H120N14O16. The van der Waals surface area contributed by atoms with E-state index < -0.39 is 197 Å². The van der Waals surface area contributed by atoms with Gasteiger partial charge in [-0.15, -0.1) is 0 Å². The molecule has 578 valence electrons. The molecule has 1 aromatic carbocycles. The lowest BCUT2D eigenvalue weighted by atomic mass is 9.94. The molecule has 0 aromatic heterocycles. The molecule has 0 saturated carbocycles. The Morgan fingerprint density at radius 3 is 1.68 bits per heavy atom. The monoisotopic (exact) mass is 1450 g/mol. The molecule has 30 nitrogen and oxygen atoms in total. The van der Waals surface area contributed by atoms with E-state index in [-0.39, 0.29) is 69.1 Å². The fourth-order valence-corrected chi connectivity index (χ4v) is 11.9. The molecule has 8 unspecified atom stereocenters. The van der Waals surface area contributed by atoms with Crippen LogP contribution < -0.4 is 69.5 Å². The van der Waals surface area contributed by atoms with Gasteiger partial charge in [0, 0.05) is 19.4 Å². The van der Waals surface area contributed by atoms with Crippen molar-refractivity contribution in [2.75, 3.05) is 13.1 Å². The van der Waals surface area contributed by atoms with Crippen molar-refractivity contribution in [3.8, 4) is 0 Å². The molecule has 2 aliphatic rings. The Morgan fingerprint density at radius 1 is 0.631 bits per heavy atom. The van der Waals surface area contributed by atoms with Crippen LogP contribution in [0.15, 0.2) is 42.1 Å². The highest BCUT2D eigenvalue weighted by Gasteiger charge is 2.44. The maximum absolute atomic E-state index is 15.1. The van der Waals surface area contributed by atoms with E-state index in [0.29, 0.717) is 31.2 Å². The first-order valence-corrected chi connectivity index (χ1v) is 36.6. The summed E-state index contributed by atoms with van der Waals surface area (Å²) < 4.78 is 5.96. The highest BCUT2D eigenvalue weighted by atomic mass is 16.5. The average molecular weight is 1450 g/mol. The van der Waals surface area contributed by atoms with E-state index in [1.54, 1.807) is 134 Å². The Kier molecular flexibility index (Phi) is 36.9. The number of likely N-dealkylation sites (tertiary alicyclic amines) is 1. The summed E-state index contributed by atoms with van der Waals surface area (Å²) in [7, 11) is 0. The summed E-state index contributed by atoms with van der Waals surface area (Å²) >= 11 is 0. The quantitative estimate of drug-likeness (QED) is 0.0356. The number of carbonyl (C=O) groups excluding carboxylic acids is 14. The Balaban J connectivity index is 2.03. The van der Waals surface area contributed by atoms with Crippen molar-refractivity contribution in [1.29, 1.82) is 0 Å². The number of esters is 1. The maximum atomic E-state index is 15.1. The van der Waals surface area contributed by atoms with E-state index in [1.807, 2.05) is 0 Å². The van der Waals surface area contributed by atoms with Gasteiger partial charge in [-0.2, -0.15) is 0 Å². The molecule has 13 amide bonds. The van der Waals surface area contributed by atoms with Gasteiger partial charge in [0.1, 0.15) is 84.3 Å². The third kappa shape index (κ3) is 26.9. The zero-order chi connectivity index (χ0) is 77.9. The second kappa shape index (κ2) is 42.9. The number of aliphatic hydroxyl groups is 1. The van der Waals surface area contributed by atoms with Gasteiger partial charge in [-0.25, -0.2) is 4.79 Å². The van der Waals surface area contributed by atoms with Gasteiger partial charge in [-0.1, -0.05) is 153 Å². The number of benzene rings is 1. The Labute approximate surface area is 607 Å². The first kappa shape index (κ1) is 88.7. The minimum absolute atomic E-state index is 0.0328. The van der Waals surface area contributed by atoms with Crippen molar-refractivity contribution >= 4 is 82.8 Å². The fraction of sp³-hybridized carbons (Fsp3) is 0.699. The molecule has 2 heterocycles. The topological polar surface area (TPSA) is 442 Å². The predicted octanol–water partition coefficient (Wildman–Crippen LogP) is 1.20. The Bertz CT molecular complexity index is 3110. The highest BCUT2D eigenvalue weighted by Crippen LogP contribution is 2.23. The van der Waals surface area contributed by atoms with Crippen LogP contribution in [-0.4, -0.2) is 191 Å². The van der Waals surface area contributed by atoms with E-state index in [0.717, 1.165) is 0 Å². The molecule has 0 aliphatic carbocycles. The largest absolute Gasteiger partial charge is 0.458 e. The summed E-state index contributed by atoms with van der Waals surface area (Å²) in [6, 6.07) is -7.59. The number of hydrogen-bond donors (Lipinski definition) is 14. The average Bonchev–Trinajstić information content (AvgIpc) is 1.78. The fourth-order valence-electron chi connectivity index (χ4n) is 11.9. The number of aliphatic hydroxyl groups excluding tert-OH is 1. The number of allylic oxidation sites excluding steroid dienone is 1. The minimum atomic E-state index is -1.82. The summed E-state index contributed by atoms with van der Waals surface area (Å²) in [6.45, 7) is 29.8. The zero-order valence-electron chi connectivity index (χ0n) is 63.7. The molecule has 2 aliphatic heterocycles. The molecule has 3 rings (SSSR count). The molecule has 0 radical (unpaired) electrons. The van der Waals surface area contributed by atoms with Crippen LogP contribution in [-0.2, 0) is 78.3 Å². The number of rotatable bonds is 32. The van der Waals surface area contributed by atoms with Crippen LogP contribution in [0.1, 0.15) is 188 Å². The van der Waals surface area contributed by atoms with Gasteiger partial charge in [0.05, 0.1) is 6.10 Å². The van der Waals surface area contributed by atoms with Crippen molar-refractivity contribution in [2.24, 2.45) is 47.2 Å². The van der Waals surface area contributed by atoms with Gasteiger partial charge in [-0.05, 0) is 113 Å². The molecule has 30 heteroatoms. The van der Waals surface area contributed by atoms with Gasteiger partial charge < -0.3 is 84.3 Å². The summed E-state index contributed by atoms with van der Waals surface area (Å²) in [6.07, 6.45) is 0.183. The van der Waals surface area contributed by atoms with Crippen molar-refractivity contribution in [3.05, 3.63) is 47.7 Å². The molecule has 2 fully saturated rings. The Hall–Kier alpha value is -8.54. The minimum Gasteiger partial charge on any atom is -0.458 e. The van der Waals surface area contributed by atoms with Crippen LogP contribution in [0.3, 0.4) is 0 Å². The predicted molar refractivity (Wildman–Crippen MR) is 386 cm³/mol. The first-order chi connectivity index (χ1) is 48.4. The van der Waals surface area contributed by atoms with Crippen LogP contribution in [0.25, 0.3) is 0 Å². The molecule has 1 aromatic rings. The van der Waals surface area contributed by atoms with Crippen LogP contribution in [0, 0.1) is 41.4 Å². The number of hydrogen-bond acceptors (Lipinski definition) is 17. The number of ether oxygens (including phenoxy) is 1. The normalized spacial score (nSPS) is 22.7. The standard InChI is InChI=1S/C73H120N14O16/c1-19-28-52(89)79-53(38(7)8)66(95)85-59(44(17)88)70(99)80-54(39(9)10)67(96)81-55(40(11)12)72(101)87-34-27-32-51(87)65(94)76-48(31-26-33-74)62(91)77-49(35-37(5)6)64(93)86-60-45(18)103-73(102)56(41(13)14)82-61(90)47(22-4)75-63(92)50(36-46-29-24-23-25-30-46)78-68(97)57(42(15)20-2)83-69(98)58(43(16)21-3)84-71(60)100/h22-25,29-30,37-45,48-51,53-60,88H,19-21,26-28,31-36,74H2,1-18H3,(H,75,92)(H,76,94)(H,77,91)(H,78,97)(H,79,89)(H,80,99)(H,81,96)(H,82,90)(H,83,98)(H,84,100)(H,85,95)(H,86,93)/b47-22-/t42?,43?,44?,45?,48-,49+,50-,51+,53?,54?,55?,56?,57+,58+,59-,60+/m0/s1. The third-order valence-corrected chi connectivity index (χ3v) is 18.6. The third-order valence-electron chi connectivity index (χ3n) is 18.6. The highest BCUT2D eigenvalue weighted by molar-refractivity contribution is 6.03. The number of carbonyl (C=O) groups is 14. The van der Waals surface area contributed by atoms with Crippen molar-refractivity contribution in [1.82, 2.24) is 68.7 Å². The lowest BCUT2D eigenvalue weighted by Crippen LogP contribution is -2.63. The summed E-state index contributed by atoms with van der Waals surface area (Å²) in [5, 5.41) is 43.0. The van der Waals surface area contributed by atoms with Gasteiger partial charge in [0.15, 0.2) is 0 Å². The lowest BCUT2D eigenvalue weighted by molar-refractivity contribution is -0.157. The molecular weight excluding hydrogens is 1330 g/mol. The second-order valence-corrected chi connectivity index (χ2v) is 29.1. The molecule has 0 spiro atoms. The van der Waals surface area contributed by atoms with Crippen LogP contribution in [0.4, 0.5) is 0 Å². The number of cyclic esters (lactones) is 1. The van der Waals surface area contributed by atoms with E-state index in [9.17, 15) is 67.4 Å². The summed E-state index contributed by atoms with van der Waals surface area (Å²) in [4.78, 5) is 202. The molecule has 0 bridgehead atoms.